The fourth-order valence-corrected chi connectivity index (χ4v) is 3.51. The number of rotatable bonds is 6. The second-order valence-corrected chi connectivity index (χ2v) is 6.62. The van der Waals surface area contributed by atoms with E-state index >= 15 is 0 Å². The van der Waals surface area contributed by atoms with Gasteiger partial charge < -0.3 is 4.74 Å². The van der Waals surface area contributed by atoms with Gasteiger partial charge in [0.15, 0.2) is 0 Å². The number of ether oxygens (including phenoxy) is 1. The maximum atomic E-state index is 13.0. The largest absolute Gasteiger partial charge is 0.376 e. The molecule has 1 heterocycles. The van der Waals surface area contributed by atoms with Crippen LogP contribution in [0.15, 0.2) is 35.5 Å². The lowest BCUT2D eigenvalue weighted by Gasteiger charge is -2.21. The molecule has 0 aromatic heterocycles. The molecule has 0 saturated heterocycles. The molecule has 0 N–H and O–H groups in total. The van der Waals surface area contributed by atoms with Gasteiger partial charge in [0.2, 0.25) is 0 Å². The summed E-state index contributed by atoms with van der Waals surface area (Å²) in [5.41, 5.74) is 11.5. The minimum absolute atomic E-state index is 0.596. The lowest BCUT2D eigenvalue weighted by molar-refractivity contribution is 0.0722. The summed E-state index contributed by atoms with van der Waals surface area (Å²) in [6.07, 6.45) is 2.20. The number of benzene rings is 1. The second-order valence-electron chi connectivity index (χ2n) is 4.99. The Bertz CT molecular complexity index is 612. The molecule has 1 aromatic rings. The van der Waals surface area contributed by atoms with Crippen LogP contribution in [0.4, 0.5) is 4.39 Å². The van der Waals surface area contributed by atoms with E-state index in [-0.39, 0.29) is 0 Å². The van der Waals surface area contributed by atoms with E-state index in [1.807, 2.05) is 30.3 Å². The molecule has 0 bridgehead atoms. The van der Waals surface area contributed by atoms with Gasteiger partial charge >= 0.3 is 0 Å². The van der Waals surface area contributed by atoms with E-state index in [0.29, 0.717) is 11.5 Å². The van der Waals surface area contributed by atoms with Crippen LogP contribution >= 0.6 is 0 Å². The van der Waals surface area contributed by atoms with Crippen molar-refractivity contribution in [1.29, 1.82) is 0 Å². The topological polar surface area (TPSA) is 75.1 Å². The third-order valence-electron chi connectivity index (χ3n) is 3.69. The predicted molar refractivity (Wildman–Crippen MR) is 85.6 cm³/mol. The first-order valence-electron chi connectivity index (χ1n) is 6.97. The van der Waals surface area contributed by atoms with Crippen LogP contribution in [0.1, 0.15) is 23.7 Å². The number of methoxy groups -OCH3 is 1. The van der Waals surface area contributed by atoms with Gasteiger partial charge in [0, 0.05) is 34.3 Å². The third kappa shape index (κ3) is 3.94. The monoisotopic (exact) mass is 323 g/mol. The quantitative estimate of drug-likeness (QED) is 0.456. The Hall–Kier alpha value is -1.69. The Morgan fingerprint density at radius 1 is 1.45 bits per heavy atom. The van der Waals surface area contributed by atoms with E-state index in [4.69, 9.17) is 10.3 Å². The van der Waals surface area contributed by atoms with Crippen molar-refractivity contribution in [1.82, 2.24) is 0 Å². The van der Waals surface area contributed by atoms with Gasteiger partial charge in [-0.15, -0.1) is 0 Å². The highest BCUT2D eigenvalue weighted by molar-refractivity contribution is 7.85. The molecule has 1 aromatic carbocycles. The Morgan fingerprint density at radius 2 is 2.18 bits per heavy atom. The highest BCUT2D eigenvalue weighted by Gasteiger charge is 2.22. The summed E-state index contributed by atoms with van der Waals surface area (Å²) in [7, 11) is 0.723. The molecular weight excluding hydrogens is 305 g/mol. The molecule has 5 nitrogen and oxygen atoms in total. The first kappa shape index (κ1) is 16.7. The third-order valence-corrected chi connectivity index (χ3v) is 4.88. The number of halogens is 1. The predicted octanol–water partition coefficient (Wildman–Crippen LogP) is 3.56. The van der Waals surface area contributed by atoms with Crippen LogP contribution < -0.4 is 0 Å². The zero-order valence-corrected chi connectivity index (χ0v) is 13.1. The number of azide groups is 1. The van der Waals surface area contributed by atoms with Crippen LogP contribution in [0.25, 0.3) is 16.0 Å². The van der Waals surface area contributed by atoms with Crippen LogP contribution in [-0.2, 0) is 15.5 Å². The summed E-state index contributed by atoms with van der Waals surface area (Å²) in [5, 5.41) is 3.45. The van der Waals surface area contributed by atoms with E-state index in [2.05, 4.69) is 10.0 Å². The van der Waals surface area contributed by atoms with Gasteiger partial charge in [0.25, 0.3) is 0 Å². The fraction of sp³-hybridized carbons (Fsp3) is 0.467. The van der Waals surface area contributed by atoms with E-state index in [0.717, 1.165) is 17.5 Å². The number of nitrogens with zero attached hydrogens (tertiary/aromatic N) is 3. The van der Waals surface area contributed by atoms with Gasteiger partial charge in [-0.3, -0.25) is 8.60 Å². The van der Waals surface area contributed by atoms with Crippen molar-refractivity contribution in [2.45, 2.75) is 18.6 Å². The zero-order chi connectivity index (χ0) is 15.9. The number of hydrogen-bond acceptors (Lipinski definition) is 3. The average Bonchev–Trinajstić information content (AvgIpc) is 2.56. The van der Waals surface area contributed by atoms with Crippen molar-refractivity contribution in [2.75, 3.05) is 25.3 Å². The van der Waals surface area contributed by atoms with Crippen molar-refractivity contribution in [3.05, 3.63) is 51.9 Å². The SMILES string of the molecule is CO[C@H](c1ccc(C2=CCS(=O)CC2)cc1)[C@@H](CF)N=[N+]=[N-]. The van der Waals surface area contributed by atoms with Crippen molar-refractivity contribution in [3.63, 3.8) is 0 Å². The molecular formula is C15H18FN3O2S. The molecule has 118 valence electrons. The van der Waals surface area contributed by atoms with Crippen molar-refractivity contribution < 1.29 is 13.3 Å². The first-order chi connectivity index (χ1) is 10.7. The molecule has 1 aliphatic rings. The van der Waals surface area contributed by atoms with Gasteiger partial charge in [0.1, 0.15) is 6.67 Å². The molecule has 0 radical (unpaired) electrons. The normalized spacial score (nSPS) is 20.6. The zero-order valence-electron chi connectivity index (χ0n) is 12.3. The van der Waals surface area contributed by atoms with E-state index in [1.165, 1.54) is 12.7 Å². The lowest BCUT2D eigenvalue weighted by Crippen LogP contribution is -2.20. The van der Waals surface area contributed by atoms with Crippen molar-refractivity contribution in [2.24, 2.45) is 5.11 Å². The summed E-state index contributed by atoms with van der Waals surface area (Å²) >= 11 is 0. The minimum Gasteiger partial charge on any atom is -0.376 e. The summed E-state index contributed by atoms with van der Waals surface area (Å²) in [6, 6.07) is 6.70. The number of alkyl halides is 1. The molecule has 0 saturated carbocycles. The summed E-state index contributed by atoms with van der Waals surface area (Å²) in [5.74, 6) is 1.29. The second kappa shape index (κ2) is 8.08. The molecule has 3 atom stereocenters. The van der Waals surface area contributed by atoms with Gasteiger partial charge in [-0.1, -0.05) is 35.5 Å². The van der Waals surface area contributed by atoms with Crippen LogP contribution in [0.3, 0.4) is 0 Å². The van der Waals surface area contributed by atoms with Crippen molar-refractivity contribution in [3.8, 4) is 0 Å². The van der Waals surface area contributed by atoms with E-state index in [9.17, 15) is 8.60 Å². The molecule has 0 spiro atoms. The molecule has 1 unspecified atom stereocenters. The average molecular weight is 323 g/mol. The summed E-state index contributed by atoms with van der Waals surface area (Å²) in [4.78, 5) is 2.67. The molecule has 1 aliphatic heterocycles. The molecule has 22 heavy (non-hydrogen) atoms. The smallest absolute Gasteiger partial charge is 0.101 e. The van der Waals surface area contributed by atoms with E-state index in [1.54, 1.807) is 0 Å². The highest BCUT2D eigenvalue weighted by Crippen LogP contribution is 2.27. The minimum atomic E-state index is -0.878. The standard InChI is InChI=1S/C15H18FN3O2S/c1-21-15(14(10-16)18-19-17)13-4-2-11(3-5-13)12-6-8-22(20)9-7-12/h2-6,14-15H,7-10H2,1H3/t14-,15-,22?/m1/s1. The molecule has 0 amide bonds. The van der Waals surface area contributed by atoms with Crippen LogP contribution in [-0.4, -0.2) is 35.5 Å². The maximum Gasteiger partial charge on any atom is 0.101 e. The Balaban J connectivity index is 2.20. The first-order valence-corrected chi connectivity index (χ1v) is 8.45. The molecule has 0 aliphatic carbocycles. The number of allylic oxidation sites excluding steroid dienone is 1. The van der Waals surface area contributed by atoms with Gasteiger partial charge in [-0.05, 0) is 28.7 Å². The van der Waals surface area contributed by atoms with Crippen LogP contribution in [0, 0.1) is 0 Å². The Kier molecular flexibility index (Phi) is 6.12. The highest BCUT2D eigenvalue weighted by atomic mass is 32.2. The van der Waals surface area contributed by atoms with Crippen LogP contribution in [0.5, 0.6) is 0 Å². The molecule has 0 fully saturated rings. The molecule has 7 heteroatoms. The van der Waals surface area contributed by atoms with Crippen molar-refractivity contribution >= 4 is 16.4 Å². The number of hydrogen-bond donors (Lipinski definition) is 0. The van der Waals surface area contributed by atoms with Gasteiger partial charge in [-0.25, -0.2) is 0 Å². The fourth-order valence-electron chi connectivity index (χ4n) is 2.51. The Labute approximate surface area is 131 Å². The van der Waals surface area contributed by atoms with E-state index < -0.39 is 29.6 Å². The Morgan fingerprint density at radius 3 is 2.68 bits per heavy atom. The van der Waals surface area contributed by atoms with Crippen LogP contribution in [0.2, 0.25) is 0 Å². The molecule has 2 rings (SSSR count). The maximum absolute atomic E-state index is 13.0. The summed E-state index contributed by atoms with van der Waals surface area (Å²) in [6.45, 7) is -0.777. The van der Waals surface area contributed by atoms with Gasteiger partial charge in [0.05, 0.1) is 12.1 Å². The summed E-state index contributed by atoms with van der Waals surface area (Å²) < 4.78 is 29.6. The lowest BCUT2D eigenvalue weighted by atomic mass is 9.98. The van der Waals surface area contributed by atoms with Gasteiger partial charge in [-0.2, -0.15) is 0 Å².